The maximum Gasteiger partial charge on any atom is 0.317 e. The van der Waals surface area contributed by atoms with Crippen molar-refractivity contribution in [2.45, 2.75) is 13.0 Å². The first-order valence-corrected chi connectivity index (χ1v) is 5.88. The summed E-state index contributed by atoms with van der Waals surface area (Å²) in [4.78, 5) is 12.7. The summed E-state index contributed by atoms with van der Waals surface area (Å²) in [7, 11) is 3.23. The van der Waals surface area contributed by atoms with Gasteiger partial charge in [0.25, 0.3) is 0 Å². The molecule has 1 aromatic carbocycles. The Labute approximate surface area is 112 Å². The van der Waals surface area contributed by atoms with Crippen molar-refractivity contribution in [2.24, 2.45) is 0 Å². The number of amides is 2. The highest BCUT2D eigenvalue weighted by Gasteiger charge is 2.06. The Balaban J connectivity index is 2.75. The fraction of sp³-hybridized carbons (Fsp3) is 0.357. The van der Waals surface area contributed by atoms with Crippen molar-refractivity contribution in [1.82, 2.24) is 10.2 Å². The lowest BCUT2D eigenvalue weighted by Crippen LogP contribution is -2.34. The van der Waals surface area contributed by atoms with E-state index in [-0.39, 0.29) is 25.0 Å². The van der Waals surface area contributed by atoms with Crippen LogP contribution in [-0.4, -0.2) is 36.7 Å². The van der Waals surface area contributed by atoms with E-state index in [0.29, 0.717) is 17.5 Å². The Bertz CT molecular complexity index is 504. The first-order chi connectivity index (χ1) is 9.04. The number of aliphatic hydroxyl groups excluding tert-OH is 1. The lowest BCUT2D eigenvalue weighted by atomic mass is 10.1. The maximum atomic E-state index is 13.6. The van der Waals surface area contributed by atoms with Crippen LogP contribution in [0.15, 0.2) is 18.2 Å². The molecule has 1 aromatic rings. The fourth-order valence-electron chi connectivity index (χ4n) is 1.34. The van der Waals surface area contributed by atoms with Gasteiger partial charge in [0, 0.05) is 38.2 Å². The minimum atomic E-state index is -0.383. The molecule has 0 spiro atoms. The molecule has 0 fully saturated rings. The number of benzene rings is 1. The molecule has 0 aromatic heterocycles. The van der Waals surface area contributed by atoms with Crippen molar-refractivity contribution >= 4 is 6.03 Å². The van der Waals surface area contributed by atoms with Gasteiger partial charge in [0.1, 0.15) is 5.82 Å². The third-order valence-corrected chi connectivity index (χ3v) is 2.35. The summed E-state index contributed by atoms with van der Waals surface area (Å²) in [5, 5.41) is 11.2. The Kier molecular flexibility index (Phi) is 5.83. The molecule has 0 saturated heterocycles. The zero-order valence-corrected chi connectivity index (χ0v) is 11.0. The first kappa shape index (κ1) is 15.0. The molecule has 0 radical (unpaired) electrons. The van der Waals surface area contributed by atoms with E-state index in [1.165, 1.54) is 11.0 Å². The average Bonchev–Trinajstić information content (AvgIpc) is 2.38. The van der Waals surface area contributed by atoms with Crippen LogP contribution in [0.5, 0.6) is 0 Å². The van der Waals surface area contributed by atoms with Crippen molar-refractivity contribution < 1.29 is 14.3 Å². The summed E-state index contributed by atoms with van der Waals surface area (Å²) >= 11 is 0. The second-order valence-corrected chi connectivity index (χ2v) is 4.13. The van der Waals surface area contributed by atoms with E-state index in [2.05, 4.69) is 17.2 Å². The van der Waals surface area contributed by atoms with E-state index in [4.69, 9.17) is 5.11 Å². The minimum absolute atomic E-state index is 0.0000556. The molecule has 5 heteroatoms. The summed E-state index contributed by atoms with van der Waals surface area (Å²) in [5.74, 6) is 5.20. The van der Waals surface area contributed by atoms with E-state index < -0.39 is 0 Å². The zero-order valence-electron chi connectivity index (χ0n) is 11.0. The van der Waals surface area contributed by atoms with Gasteiger partial charge in [-0.1, -0.05) is 11.8 Å². The molecule has 0 aliphatic heterocycles. The summed E-state index contributed by atoms with van der Waals surface area (Å²) in [6, 6.07) is 4.20. The number of halogens is 1. The largest absolute Gasteiger partial charge is 0.395 e. The predicted octanol–water partition coefficient (Wildman–Crippen LogP) is 1.33. The van der Waals surface area contributed by atoms with Crippen LogP contribution in [0.4, 0.5) is 9.18 Å². The zero-order chi connectivity index (χ0) is 14.3. The van der Waals surface area contributed by atoms with Crippen LogP contribution in [0.3, 0.4) is 0 Å². The number of carbonyl (C=O) groups excluding carboxylic acids is 1. The summed E-state index contributed by atoms with van der Waals surface area (Å²) in [6.45, 7) is 0.109. The van der Waals surface area contributed by atoms with Crippen molar-refractivity contribution in [3.8, 4) is 11.8 Å². The van der Waals surface area contributed by atoms with E-state index in [1.807, 2.05) is 0 Å². The second-order valence-electron chi connectivity index (χ2n) is 4.13. The predicted molar refractivity (Wildman–Crippen MR) is 70.9 cm³/mol. The minimum Gasteiger partial charge on any atom is -0.395 e. The summed E-state index contributed by atoms with van der Waals surface area (Å²) in [6.07, 6.45) is 0.379. The molecule has 102 valence electrons. The first-order valence-electron chi connectivity index (χ1n) is 5.88. The molecule has 2 N–H and O–H groups in total. The quantitative estimate of drug-likeness (QED) is 0.809. The van der Waals surface area contributed by atoms with E-state index in [9.17, 15) is 9.18 Å². The number of rotatable bonds is 3. The van der Waals surface area contributed by atoms with Gasteiger partial charge in [0.2, 0.25) is 0 Å². The number of urea groups is 1. The number of carbonyl (C=O) groups is 1. The number of nitrogens with one attached hydrogen (secondary N) is 1. The molecule has 0 unspecified atom stereocenters. The molecule has 0 atom stereocenters. The molecule has 1 rings (SSSR count). The molecule has 0 aliphatic rings. The highest BCUT2D eigenvalue weighted by molar-refractivity contribution is 5.73. The van der Waals surface area contributed by atoms with Gasteiger partial charge < -0.3 is 15.3 Å². The molecule has 4 nitrogen and oxygen atoms in total. The summed E-state index contributed by atoms with van der Waals surface area (Å²) < 4.78 is 13.6. The Morgan fingerprint density at radius 3 is 2.84 bits per heavy atom. The number of hydrogen-bond donors (Lipinski definition) is 2. The van der Waals surface area contributed by atoms with Gasteiger partial charge in [-0.15, -0.1) is 0 Å². The van der Waals surface area contributed by atoms with Crippen molar-refractivity contribution in [3.63, 3.8) is 0 Å². The van der Waals surface area contributed by atoms with Gasteiger partial charge in [-0.2, -0.15) is 0 Å². The van der Waals surface area contributed by atoms with Crippen LogP contribution in [0.2, 0.25) is 0 Å². The van der Waals surface area contributed by atoms with Gasteiger partial charge in [0.15, 0.2) is 0 Å². The van der Waals surface area contributed by atoms with Crippen molar-refractivity contribution in [1.29, 1.82) is 0 Å². The number of hydrogen-bond acceptors (Lipinski definition) is 2. The lowest BCUT2D eigenvalue weighted by Gasteiger charge is -2.12. The molecular formula is C14H17FN2O2. The normalized spacial score (nSPS) is 9.47. The van der Waals surface area contributed by atoms with Crippen LogP contribution < -0.4 is 5.32 Å². The lowest BCUT2D eigenvalue weighted by molar-refractivity contribution is 0.217. The van der Waals surface area contributed by atoms with Crippen LogP contribution in [0.1, 0.15) is 17.5 Å². The standard InChI is InChI=1S/C14H17FN2O2/c1-17(2)14(19)16-10-12-9-11(5-3-4-8-18)6-7-13(12)15/h6-7,9,18H,4,8,10H2,1-2H3,(H,16,19). The van der Waals surface area contributed by atoms with Gasteiger partial charge in [-0.05, 0) is 18.2 Å². The van der Waals surface area contributed by atoms with Gasteiger partial charge in [-0.3, -0.25) is 0 Å². The molecule has 0 aliphatic carbocycles. The van der Waals surface area contributed by atoms with Gasteiger partial charge in [-0.25, -0.2) is 9.18 Å². The highest BCUT2D eigenvalue weighted by Crippen LogP contribution is 2.10. The number of aliphatic hydroxyl groups is 1. The monoisotopic (exact) mass is 264 g/mol. The summed E-state index contributed by atoms with van der Waals surface area (Å²) in [5.41, 5.74) is 1.04. The van der Waals surface area contributed by atoms with Gasteiger partial charge >= 0.3 is 6.03 Å². The SMILES string of the molecule is CN(C)C(=O)NCc1cc(C#CCCO)ccc1F. The molecule has 0 bridgehead atoms. The average molecular weight is 264 g/mol. The fourth-order valence-corrected chi connectivity index (χ4v) is 1.34. The van der Waals surface area contributed by atoms with Crippen molar-refractivity contribution in [2.75, 3.05) is 20.7 Å². The molecule has 2 amide bonds. The third kappa shape index (κ3) is 4.98. The van der Waals surface area contributed by atoms with E-state index >= 15 is 0 Å². The van der Waals surface area contributed by atoms with E-state index in [0.717, 1.165) is 0 Å². The molecular weight excluding hydrogens is 247 g/mol. The second kappa shape index (κ2) is 7.39. The molecule has 19 heavy (non-hydrogen) atoms. The van der Waals surface area contributed by atoms with Crippen LogP contribution in [0.25, 0.3) is 0 Å². The number of nitrogens with zero attached hydrogens (tertiary/aromatic N) is 1. The molecule has 0 heterocycles. The van der Waals surface area contributed by atoms with Crippen LogP contribution in [0, 0.1) is 17.7 Å². The molecule has 0 saturated carbocycles. The Morgan fingerprint density at radius 1 is 1.47 bits per heavy atom. The highest BCUT2D eigenvalue weighted by atomic mass is 19.1. The maximum absolute atomic E-state index is 13.6. The smallest absolute Gasteiger partial charge is 0.317 e. The van der Waals surface area contributed by atoms with Crippen LogP contribution in [-0.2, 0) is 6.54 Å². The van der Waals surface area contributed by atoms with E-state index in [1.54, 1.807) is 26.2 Å². The van der Waals surface area contributed by atoms with Crippen molar-refractivity contribution in [3.05, 3.63) is 35.1 Å². The topological polar surface area (TPSA) is 52.6 Å². The van der Waals surface area contributed by atoms with Gasteiger partial charge in [0.05, 0.1) is 6.61 Å². The van der Waals surface area contributed by atoms with Crippen LogP contribution >= 0.6 is 0 Å². The Morgan fingerprint density at radius 2 is 2.21 bits per heavy atom. The Hall–Kier alpha value is -2.06. The third-order valence-electron chi connectivity index (χ3n) is 2.35.